The number of fused-ring (bicyclic) bond motifs is 2. The fourth-order valence-corrected chi connectivity index (χ4v) is 7.85. The fourth-order valence-electron chi connectivity index (χ4n) is 7.85. The van der Waals surface area contributed by atoms with Crippen LogP contribution in [0, 0.1) is 0 Å². The smallest absolute Gasteiger partial charge is 0.411 e. The third kappa shape index (κ3) is 15.4. The van der Waals surface area contributed by atoms with Crippen LogP contribution in [0.15, 0.2) is 36.7 Å². The van der Waals surface area contributed by atoms with Gasteiger partial charge in [0.1, 0.15) is 11.6 Å². The van der Waals surface area contributed by atoms with E-state index in [0.29, 0.717) is 18.1 Å². The van der Waals surface area contributed by atoms with Crippen LogP contribution >= 0.6 is 0 Å². The van der Waals surface area contributed by atoms with Gasteiger partial charge in [-0.3, -0.25) is 9.59 Å². The highest BCUT2D eigenvalue weighted by atomic mass is 16.2. The number of anilines is 4. The molecule has 44 heteroatoms. The highest BCUT2D eigenvalue weighted by Crippen LogP contribution is 2.26. The van der Waals surface area contributed by atoms with Gasteiger partial charge in [0.05, 0.1) is 24.5 Å². The largest absolute Gasteiger partial charge is 0.432 e. The maximum absolute atomic E-state index is 11.2. The van der Waals surface area contributed by atoms with Crippen molar-refractivity contribution < 1.29 is 14.6 Å². The summed E-state index contributed by atoms with van der Waals surface area (Å²) in [4.78, 5) is 31.8. The van der Waals surface area contributed by atoms with E-state index in [2.05, 4.69) is 25.9 Å². The molecule has 4 N–H and O–H groups in total. The molecule has 4 rings (SSSR count). The van der Waals surface area contributed by atoms with Gasteiger partial charge < -0.3 is 25.8 Å². The van der Waals surface area contributed by atoms with E-state index in [0.717, 1.165) is 11.5 Å². The normalized spacial score (nSPS) is 11.7. The Morgan fingerprint density at radius 2 is 0.881 bits per heavy atom. The van der Waals surface area contributed by atoms with Crippen LogP contribution in [0.3, 0.4) is 0 Å². The summed E-state index contributed by atoms with van der Waals surface area (Å²) in [6, 6.07) is 7.10. The van der Waals surface area contributed by atoms with Gasteiger partial charge in [0.25, 0.3) is 0 Å². The maximum atomic E-state index is 11.2. The SMILES string of the molecule is CB(O)N1CC(=O)Nc2cccnc21.O=C1CNc2ncccc2N1.[B]B([B])B(B([B])[B])B(B([B])[B])B(B(B([B])[B])B([B])[B])B(B(B([B])[B])B([B])[B])B(B([B])[B])B([B])[B]. The Kier molecular flexibility index (Phi) is 23.3. The molecule has 2 amide bonds. The maximum Gasteiger partial charge on any atom is 0.411 e. The molecule has 2 aromatic rings. The van der Waals surface area contributed by atoms with E-state index in [1.807, 2.05) is 6.07 Å². The zero-order valence-corrected chi connectivity index (χ0v) is 33.2. The number of aromatic nitrogens is 2. The fraction of sp³-hybridized carbons (Fsp3) is 0.200. The van der Waals surface area contributed by atoms with Crippen molar-refractivity contribution in [3.8, 4) is 0 Å². The van der Waals surface area contributed by atoms with E-state index in [9.17, 15) is 14.6 Å². The Balaban J connectivity index is 0.000000381. The van der Waals surface area contributed by atoms with Crippen LogP contribution in [-0.2, 0) is 9.59 Å². The minimum Gasteiger partial charge on any atom is -0.432 e. The molecule has 4 heterocycles. The molecule has 0 spiro atoms. The van der Waals surface area contributed by atoms with E-state index in [1.54, 1.807) is 42.2 Å². The molecule has 0 aliphatic carbocycles. The lowest BCUT2D eigenvalue weighted by molar-refractivity contribution is -0.115. The molecule has 230 valence electrons. The second-order valence-corrected chi connectivity index (χ2v) is 14.7. The summed E-state index contributed by atoms with van der Waals surface area (Å²) in [6.45, 7) is 2.06. The molecule has 36 radical (unpaired) electrons. The van der Waals surface area contributed by atoms with Gasteiger partial charge in [-0.25, -0.2) is 9.97 Å². The highest BCUT2D eigenvalue weighted by molar-refractivity contribution is 8.29. The van der Waals surface area contributed by atoms with Crippen LogP contribution in [-0.4, -0.2) is 288 Å². The first-order valence-electron chi connectivity index (χ1n) is 18.7. The van der Waals surface area contributed by atoms with Gasteiger partial charge in [-0.2, -0.15) is 0 Å². The molecule has 0 saturated heterocycles. The second-order valence-electron chi connectivity index (χ2n) is 14.7. The summed E-state index contributed by atoms with van der Waals surface area (Å²) in [5.74, 6) is 1.20. The Labute approximate surface area is 382 Å². The Bertz CT molecular complexity index is 1540. The molecule has 2 aromatic heterocycles. The number of nitrogens with one attached hydrogen (secondary N) is 3. The van der Waals surface area contributed by atoms with Crippen molar-refractivity contribution >= 4 is 283 Å². The first-order valence-corrected chi connectivity index (χ1v) is 18.7. The number of amides is 2. The minimum absolute atomic E-state index is 0.0227. The second kappa shape index (κ2) is 25.4. The van der Waals surface area contributed by atoms with Crippen molar-refractivity contribution in [3.63, 3.8) is 0 Å². The average Bonchev–Trinajstić information content (AvgIpc) is 3.11. The summed E-state index contributed by atoms with van der Waals surface area (Å²) in [6.07, 6.45) is -13.4. The van der Waals surface area contributed by atoms with Gasteiger partial charge >= 0.3 is 7.05 Å². The van der Waals surface area contributed by atoms with E-state index in [4.69, 9.17) is 139 Å². The van der Waals surface area contributed by atoms with Crippen LogP contribution in [0.1, 0.15) is 0 Å². The first-order chi connectivity index (χ1) is 27.4. The van der Waals surface area contributed by atoms with Crippen molar-refractivity contribution in [2.45, 2.75) is 6.82 Å². The average molecular weight is 708 g/mol. The number of carbonyl (C=O) groups is 2. The third-order valence-corrected chi connectivity index (χ3v) is 10.3. The first kappa shape index (κ1) is 54.2. The molecule has 0 aromatic carbocycles. The molecular weight excluding hydrogens is 691 g/mol. The van der Waals surface area contributed by atoms with Gasteiger partial charge in [0.2, 0.25) is 11.8 Å². The van der Waals surface area contributed by atoms with Crippen molar-refractivity contribution in [3.05, 3.63) is 36.7 Å². The van der Waals surface area contributed by atoms with Crippen LogP contribution < -0.4 is 20.8 Å². The molecule has 0 atom stereocenters. The molecule has 0 fully saturated rings. The predicted molar refractivity (Wildman–Crippen MR) is 291 cm³/mol. The van der Waals surface area contributed by atoms with E-state index >= 15 is 0 Å². The summed E-state index contributed by atoms with van der Waals surface area (Å²) in [5, 5.41) is 17.7. The third-order valence-electron chi connectivity index (χ3n) is 10.3. The number of rotatable bonds is 16. The Morgan fingerprint density at radius 3 is 1.29 bits per heavy atom. The summed E-state index contributed by atoms with van der Waals surface area (Å²) < 4.78 is 0. The zero-order chi connectivity index (χ0) is 45.0. The summed E-state index contributed by atoms with van der Waals surface area (Å²) in [5.41, 5.74) is 1.40. The number of carbonyl (C=O) groups excluding carboxylic acids is 2. The number of nitrogens with zero attached hydrogens (tertiary/aromatic N) is 3. The molecule has 0 saturated carbocycles. The van der Waals surface area contributed by atoms with Crippen molar-refractivity contribution in [1.82, 2.24) is 9.97 Å². The number of pyridine rings is 2. The summed E-state index contributed by atoms with van der Waals surface area (Å²) >= 11 is 0. The topological polar surface area (TPSA) is 119 Å². The molecule has 0 bridgehead atoms. The van der Waals surface area contributed by atoms with Crippen LogP contribution in [0.4, 0.5) is 23.0 Å². The zero-order valence-electron chi connectivity index (χ0n) is 33.2. The molecule has 2 aliphatic rings. The van der Waals surface area contributed by atoms with Crippen molar-refractivity contribution in [2.75, 3.05) is 33.9 Å². The molecule has 59 heavy (non-hydrogen) atoms. The Hall–Kier alpha value is -0.927. The van der Waals surface area contributed by atoms with Crippen LogP contribution in [0.25, 0.3) is 0 Å². The quantitative estimate of drug-likeness (QED) is 0.128. The highest BCUT2D eigenvalue weighted by Gasteiger charge is 2.54. The van der Waals surface area contributed by atoms with E-state index < -0.39 is 109 Å². The lowest BCUT2D eigenvalue weighted by Gasteiger charge is -2.52. The summed E-state index contributed by atoms with van der Waals surface area (Å²) in [7, 11) is 109. The van der Waals surface area contributed by atoms with Gasteiger partial charge in [0, 0.05) is 254 Å². The van der Waals surface area contributed by atoms with Gasteiger partial charge in [-0.05, 0) is 31.1 Å². The van der Waals surface area contributed by atoms with Gasteiger partial charge in [0.15, 0.2) is 0 Å². The lowest BCUT2D eigenvalue weighted by Crippen LogP contribution is -2.90. The Morgan fingerprint density at radius 1 is 0.525 bits per heavy atom. The molecule has 0 unspecified atom stereocenters. The molecular formula is C15H17B35N6O3. The van der Waals surface area contributed by atoms with Crippen LogP contribution in [0.2, 0.25) is 6.82 Å². The predicted octanol–water partition coefficient (Wildman–Crippen LogP) is -12.6. The lowest BCUT2D eigenvalue weighted by atomic mass is 8.29. The van der Waals surface area contributed by atoms with E-state index in [1.165, 1.54) is 0 Å². The molecule has 2 aliphatic heterocycles. The van der Waals surface area contributed by atoms with E-state index in [-0.39, 0.29) is 18.4 Å². The van der Waals surface area contributed by atoms with Gasteiger partial charge in [-0.1, -0.05) is 0 Å². The van der Waals surface area contributed by atoms with Crippen molar-refractivity contribution in [2.24, 2.45) is 0 Å². The molecule has 9 nitrogen and oxygen atoms in total. The van der Waals surface area contributed by atoms with Crippen LogP contribution in [0.5, 0.6) is 0 Å². The van der Waals surface area contributed by atoms with Crippen molar-refractivity contribution in [1.29, 1.82) is 0 Å². The number of hydrogen-bond donors (Lipinski definition) is 4. The number of hydrogen-bond acceptors (Lipinski definition) is 7. The monoisotopic (exact) mass is 714 g/mol. The van der Waals surface area contributed by atoms with Gasteiger partial charge in [-0.15, -0.1) is 0 Å². The standard InChI is InChI=1S/C8H10BN3O2.C7H7N3O.B34/c1-9(14)12-5-7(13)11-6-3-2-4-10-8(6)12;11-6-4-9-7-5(10-6)2-1-3-8-7;1-19(2)28(20(3)4)32(27(17)18)34(31(25(13)14)26(15)16)33(29(21(5)6)22(7)8)30(23(9)10)24(11)12/h2-4,14H,5H2,1H3,(H,11,13);1-3H,4H2,(H,8,9)(H,10,11);. The minimum atomic E-state index is -1.16.